The molecule has 0 fully saturated rings. The summed E-state index contributed by atoms with van der Waals surface area (Å²) in [6, 6.07) is 14.6. The van der Waals surface area contributed by atoms with Crippen molar-refractivity contribution in [3.8, 4) is 17.6 Å². The van der Waals surface area contributed by atoms with Crippen LogP contribution in [0, 0.1) is 11.8 Å². The van der Waals surface area contributed by atoms with Gasteiger partial charge in [0.2, 0.25) is 0 Å². The van der Waals surface area contributed by atoms with Gasteiger partial charge in [0.1, 0.15) is 12.4 Å². The fraction of sp³-hybridized carbons (Fsp3) is 0.167. The molecule has 0 atom stereocenters. The second-order valence-electron chi connectivity index (χ2n) is 4.41. The molecule has 0 amide bonds. The van der Waals surface area contributed by atoms with Crippen LogP contribution in [0.3, 0.4) is 0 Å². The van der Waals surface area contributed by atoms with E-state index >= 15 is 0 Å². The molecule has 2 aromatic carbocycles. The molecule has 0 spiro atoms. The van der Waals surface area contributed by atoms with E-state index in [1.165, 1.54) is 0 Å². The summed E-state index contributed by atoms with van der Waals surface area (Å²) in [6.45, 7) is 0.211. The summed E-state index contributed by atoms with van der Waals surface area (Å²) >= 11 is 3.24. The Morgan fingerprint density at radius 2 is 1.86 bits per heavy atom. The van der Waals surface area contributed by atoms with E-state index in [-0.39, 0.29) is 12.6 Å². The number of carbonyl (C=O) groups is 1. The molecule has 0 aliphatic heterocycles. The third-order valence-electron chi connectivity index (χ3n) is 2.97. The molecule has 4 heteroatoms. The quantitative estimate of drug-likeness (QED) is 0.473. The zero-order chi connectivity index (χ0) is 15.8. The van der Waals surface area contributed by atoms with Gasteiger partial charge in [-0.15, -0.1) is 0 Å². The lowest BCUT2D eigenvalue weighted by Crippen LogP contribution is -2.07. The molecule has 0 saturated heterocycles. The van der Waals surface area contributed by atoms with E-state index in [4.69, 9.17) is 9.47 Å². The molecule has 0 aromatic heterocycles. The maximum absolute atomic E-state index is 12.2. The SMILES string of the molecule is COc1ccc(COC(=O)c2ccccc2C#CCBr)cc1. The van der Waals surface area contributed by atoms with Gasteiger partial charge in [0.25, 0.3) is 0 Å². The molecule has 0 unspecified atom stereocenters. The number of benzene rings is 2. The first-order chi connectivity index (χ1) is 10.7. The Kier molecular flexibility index (Phi) is 6.05. The highest BCUT2D eigenvalue weighted by molar-refractivity contribution is 9.09. The second-order valence-corrected chi connectivity index (χ2v) is 4.97. The molecule has 0 saturated carbocycles. The van der Waals surface area contributed by atoms with Gasteiger partial charge in [0.15, 0.2) is 0 Å². The minimum atomic E-state index is -0.379. The average molecular weight is 359 g/mol. The Bertz CT molecular complexity index is 696. The molecule has 0 bridgehead atoms. The van der Waals surface area contributed by atoms with Gasteiger partial charge in [-0.3, -0.25) is 0 Å². The minimum absolute atomic E-state index is 0.211. The van der Waals surface area contributed by atoms with Crippen molar-refractivity contribution in [1.82, 2.24) is 0 Å². The van der Waals surface area contributed by atoms with E-state index in [0.29, 0.717) is 16.5 Å². The molecule has 0 N–H and O–H groups in total. The number of ether oxygens (including phenoxy) is 2. The van der Waals surface area contributed by atoms with Gasteiger partial charge >= 0.3 is 5.97 Å². The van der Waals surface area contributed by atoms with Gasteiger partial charge < -0.3 is 9.47 Å². The summed E-state index contributed by atoms with van der Waals surface area (Å²) < 4.78 is 10.4. The first-order valence-electron chi connectivity index (χ1n) is 6.68. The lowest BCUT2D eigenvalue weighted by atomic mass is 10.1. The van der Waals surface area contributed by atoms with Gasteiger partial charge in [0, 0.05) is 5.56 Å². The zero-order valence-electron chi connectivity index (χ0n) is 12.1. The molecule has 0 aliphatic rings. The number of carbonyl (C=O) groups excluding carboxylic acids is 1. The summed E-state index contributed by atoms with van der Waals surface area (Å²) in [5.41, 5.74) is 2.05. The van der Waals surface area contributed by atoms with Crippen LogP contribution in [0.15, 0.2) is 48.5 Å². The lowest BCUT2D eigenvalue weighted by Gasteiger charge is -2.07. The zero-order valence-corrected chi connectivity index (χ0v) is 13.7. The molecular formula is C18H15BrO3. The van der Waals surface area contributed by atoms with Crippen molar-refractivity contribution in [2.24, 2.45) is 0 Å². The fourth-order valence-corrected chi connectivity index (χ4v) is 1.99. The first kappa shape index (κ1) is 16.1. The molecule has 3 nitrogen and oxygen atoms in total. The maximum atomic E-state index is 12.2. The standard InChI is InChI=1S/C18H15BrO3/c1-21-16-10-8-14(9-11-16)13-22-18(20)17-7-3-2-5-15(17)6-4-12-19/h2-3,5,7-11H,12-13H2,1H3. The van der Waals surface area contributed by atoms with E-state index in [1.54, 1.807) is 25.3 Å². The third-order valence-corrected chi connectivity index (χ3v) is 3.25. The minimum Gasteiger partial charge on any atom is -0.497 e. The van der Waals surface area contributed by atoms with Crippen LogP contribution in [0.5, 0.6) is 5.75 Å². The molecule has 22 heavy (non-hydrogen) atoms. The van der Waals surface area contributed by atoms with Crippen LogP contribution in [0.1, 0.15) is 21.5 Å². The van der Waals surface area contributed by atoms with Crippen molar-refractivity contribution in [3.05, 3.63) is 65.2 Å². The number of halogens is 1. The molecule has 0 radical (unpaired) electrons. The number of hydrogen-bond acceptors (Lipinski definition) is 3. The van der Waals surface area contributed by atoms with E-state index in [1.807, 2.05) is 30.3 Å². The normalized spacial score (nSPS) is 9.55. The van der Waals surface area contributed by atoms with Crippen molar-refractivity contribution in [2.75, 3.05) is 12.4 Å². The van der Waals surface area contributed by atoms with Gasteiger partial charge in [-0.1, -0.05) is 52.0 Å². The van der Waals surface area contributed by atoms with Crippen LogP contribution in [0.25, 0.3) is 0 Å². The molecule has 112 valence electrons. The number of alkyl halides is 1. The Labute approximate surface area is 138 Å². The smallest absolute Gasteiger partial charge is 0.339 e. The van der Waals surface area contributed by atoms with Gasteiger partial charge in [-0.2, -0.15) is 0 Å². The Hall–Kier alpha value is -2.25. The highest BCUT2D eigenvalue weighted by Crippen LogP contribution is 2.14. The largest absolute Gasteiger partial charge is 0.497 e. The highest BCUT2D eigenvalue weighted by Gasteiger charge is 2.11. The summed E-state index contributed by atoms with van der Waals surface area (Å²) in [5.74, 6) is 6.22. The average Bonchev–Trinajstić information content (AvgIpc) is 2.58. The van der Waals surface area contributed by atoms with Crippen LogP contribution >= 0.6 is 15.9 Å². The number of rotatable bonds is 4. The molecular weight excluding hydrogens is 344 g/mol. The van der Waals surface area contributed by atoms with Crippen LogP contribution in [-0.4, -0.2) is 18.4 Å². The summed E-state index contributed by atoms with van der Waals surface area (Å²) in [4.78, 5) is 12.2. The predicted octanol–water partition coefficient (Wildman–Crippen LogP) is 3.80. The third kappa shape index (κ3) is 4.37. The Balaban J connectivity index is 2.05. The first-order valence-corrected chi connectivity index (χ1v) is 7.80. The van der Waals surface area contributed by atoms with Crippen LogP contribution in [0.2, 0.25) is 0 Å². The summed E-state index contributed by atoms with van der Waals surface area (Å²) in [6.07, 6.45) is 0. The van der Waals surface area contributed by atoms with E-state index in [2.05, 4.69) is 27.8 Å². The van der Waals surface area contributed by atoms with Gasteiger partial charge in [-0.05, 0) is 29.8 Å². The van der Waals surface area contributed by atoms with Crippen molar-refractivity contribution in [3.63, 3.8) is 0 Å². The predicted molar refractivity (Wildman–Crippen MR) is 89.2 cm³/mol. The molecule has 2 rings (SSSR count). The maximum Gasteiger partial charge on any atom is 0.339 e. The van der Waals surface area contributed by atoms with Gasteiger partial charge in [0.05, 0.1) is 18.0 Å². The Morgan fingerprint density at radius 1 is 1.14 bits per heavy atom. The van der Waals surface area contributed by atoms with Crippen molar-refractivity contribution >= 4 is 21.9 Å². The summed E-state index contributed by atoms with van der Waals surface area (Å²) in [7, 11) is 1.61. The number of esters is 1. The lowest BCUT2D eigenvalue weighted by molar-refractivity contribution is 0.0472. The van der Waals surface area contributed by atoms with Gasteiger partial charge in [-0.25, -0.2) is 4.79 Å². The number of methoxy groups -OCH3 is 1. The highest BCUT2D eigenvalue weighted by atomic mass is 79.9. The molecule has 2 aromatic rings. The van der Waals surface area contributed by atoms with E-state index in [9.17, 15) is 4.79 Å². The van der Waals surface area contributed by atoms with E-state index < -0.39 is 0 Å². The van der Waals surface area contributed by atoms with Crippen molar-refractivity contribution in [1.29, 1.82) is 0 Å². The Morgan fingerprint density at radius 3 is 2.55 bits per heavy atom. The topological polar surface area (TPSA) is 35.5 Å². The second kappa shape index (κ2) is 8.26. The molecule has 0 heterocycles. The van der Waals surface area contributed by atoms with Crippen LogP contribution in [-0.2, 0) is 11.3 Å². The summed E-state index contributed by atoms with van der Waals surface area (Å²) in [5, 5.41) is 0.558. The van der Waals surface area contributed by atoms with Crippen molar-refractivity contribution < 1.29 is 14.3 Å². The van der Waals surface area contributed by atoms with Crippen LogP contribution < -0.4 is 4.74 Å². The van der Waals surface area contributed by atoms with Crippen molar-refractivity contribution in [2.45, 2.75) is 6.61 Å². The van der Waals surface area contributed by atoms with E-state index in [0.717, 1.165) is 11.3 Å². The number of hydrogen-bond donors (Lipinski definition) is 0. The monoisotopic (exact) mass is 358 g/mol. The van der Waals surface area contributed by atoms with Crippen LogP contribution in [0.4, 0.5) is 0 Å². The fourth-order valence-electron chi connectivity index (χ4n) is 1.85. The molecule has 0 aliphatic carbocycles.